The van der Waals surface area contributed by atoms with Crippen LogP contribution in [0.4, 0.5) is 0 Å². The van der Waals surface area contributed by atoms with E-state index in [1.54, 1.807) is 7.05 Å². The predicted octanol–water partition coefficient (Wildman–Crippen LogP) is 2.40. The first-order chi connectivity index (χ1) is 12.8. The van der Waals surface area contributed by atoms with Gasteiger partial charge in [-0.3, -0.25) is 4.99 Å². The van der Waals surface area contributed by atoms with Gasteiger partial charge in [-0.05, 0) is 49.3 Å². The number of guanidine groups is 1. The number of ether oxygens (including phenoxy) is 1. The zero-order valence-corrected chi connectivity index (χ0v) is 15.5. The first kappa shape index (κ1) is 18.5. The van der Waals surface area contributed by atoms with Crippen molar-refractivity contribution in [2.24, 2.45) is 10.9 Å². The summed E-state index contributed by atoms with van der Waals surface area (Å²) >= 11 is 0. The van der Waals surface area contributed by atoms with E-state index in [1.807, 2.05) is 29.1 Å². The van der Waals surface area contributed by atoms with Crippen LogP contribution in [0, 0.1) is 5.92 Å². The summed E-state index contributed by atoms with van der Waals surface area (Å²) < 4.78 is 7.55. The fourth-order valence-corrected chi connectivity index (χ4v) is 2.67. The summed E-state index contributed by atoms with van der Waals surface area (Å²) in [6.45, 7) is 3.44. The Morgan fingerprint density at radius 2 is 2.04 bits per heavy atom. The number of aliphatic imine (C=N–C) groups is 1. The zero-order valence-electron chi connectivity index (χ0n) is 15.5. The SMILES string of the molecule is CN=C(NCCCOCC1CC1)NCCc1cnn(-c2ccccc2)c1. The van der Waals surface area contributed by atoms with Gasteiger partial charge in [-0.25, -0.2) is 4.68 Å². The van der Waals surface area contributed by atoms with Gasteiger partial charge in [0, 0.05) is 39.5 Å². The summed E-state index contributed by atoms with van der Waals surface area (Å²) in [6, 6.07) is 10.1. The van der Waals surface area contributed by atoms with Crippen molar-refractivity contribution in [3.63, 3.8) is 0 Å². The van der Waals surface area contributed by atoms with Gasteiger partial charge < -0.3 is 15.4 Å². The topological polar surface area (TPSA) is 63.5 Å². The zero-order chi connectivity index (χ0) is 18.0. The van der Waals surface area contributed by atoms with Crippen LogP contribution in [-0.2, 0) is 11.2 Å². The summed E-state index contributed by atoms with van der Waals surface area (Å²) in [7, 11) is 1.80. The standard InChI is InChI=1S/C20H29N5O/c1-21-20(22-11-5-13-26-16-17-8-9-17)23-12-10-18-14-24-25(15-18)19-6-3-2-4-7-19/h2-4,6-7,14-15,17H,5,8-13,16H2,1H3,(H2,21,22,23). The average molecular weight is 355 g/mol. The van der Waals surface area contributed by atoms with Crippen LogP contribution in [0.3, 0.4) is 0 Å². The molecule has 2 aromatic rings. The van der Waals surface area contributed by atoms with Gasteiger partial charge in [0.1, 0.15) is 0 Å². The number of benzene rings is 1. The number of aromatic nitrogens is 2. The molecule has 0 atom stereocenters. The molecule has 3 rings (SSSR count). The van der Waals surface area contributed by atoms with Crippen LogP contribution >= 0.6 is 0 Å². The molecule has 6 heteroatoms. The molecule has 1 aromatic heterocycles. The van der Waals surface area contributed by atoms with Gasteiger partial charge in [0.15, 0.2) is 5.96 Å². The number of nitrogens with one attached hydrogen (secondary N) is 2. The highest BCUT2D eigenvalue weighted by molar-refractivity contribution is 5.79. The molecule has 26 heavy (non-hydrogen) atoms. The van der Waals surface area contributed by atoms with E-state index in [2.05, 4.69) is 39.1 Å². The summed E-state index contributed by atoms with van der Waals surface area (Å²) in [5, 5.41) is 11.1. The van der Waals surface area contributed by atoms with Gasteiger partial charge in [-0.1, -0.05) is 18.2 Å². The summed E-state index contributed by atoms with van der Waals surface area (Å²) in [5.74, 6) is 1.67. The third-order valence-electron chi connectivity index (χ3n) is 4.39. The van der Waals surface area contributed by atoms with Crippen molar-refractivity contribution in [2.45, 2.75) is 25.7 Å². The Labute approximate surface area is 155 Å². The maximum Gasteiger partial charge on any atom is 0.190 e. The van der Waals surface area contributed by atoms with Crippen LogP contribution in [0.15, 0.2) is 47.7 Å². The Morgan fingerprint density at radius 1 is 1.23 bits per heavy atom. The van der Waals surface area contributed by atoms with Gasteiger partial charge in [0.25, 0.3) is 0 Å². The van der Waals surface area contributed by atoms with E-state index in [4.69, 9.17) is 4.74 Å². The maximum atomic E-state index is 5.64. The Hall–Kier alpha value is -2.34. The van der Waals surface area contributed by atoms with Crippen molar-refractivity contribution < 1.29 is 4.74 Å². The molecule has 0 unspecified atom stereocenters. The van der Waals surface area contributed by atoms with Crippen molar-refractivity contribution in [2.75, 3.05) is 33.4 Å². The molecule has 1 aromatic carbocycles. The van der Waals surface area contributed by atoms with Crippen molar-refractivity contribution in [3.8, 4) is 5.69 Å². The molecule has 1 fully saturated rings. The number of para-hydroxylation sites is 1. The van der Waals surface area contributed by atoms with Crippen LogP contribution in [-0.4, -0.2) is 49.1 Å². The predicted molar refractivity (Wildman–Crippen MR) is 105 cm³/mol. The molecule has 6 nitrogen and oxygen atoms in total. The normalized spacial score (nSPS) is 14.4. The minimum absolute atomic E-state index is 0.818. The van der Waals surface area contributed by atoms with Crippen LogP contribution in [0.1, 0.15) is 24.8 Å². The third-order valence-corrected chi connectivity index (χ3v) is 4.39. The molecule has 1 aliphatic carbocycles. The van der Waals surface area contributed by atoms with E-state index in [-0.39, 0.29) is 0 Å². The number of hydrogen-bond donors (Lipinski definition) is 2. The van der Waals surface area contributed by atoms with Gasteiger partial charge in [-0.15, -0.1) is 0 Å². The van der Waals surface area contributed by atoms with Crippen molar-refractivity contribution in [3.05, 3.63) is 48.3 Å². The average Bonchev–Trinajstić information content (AvgIpc) is 3.39. The number of nitrogens with zero attached hydrogens (tertiary/aromatic N) is 3. The van der Waals surface area contributed by atoms with Gasteiger partial charge in [0.05, 0.1) is 11.9 Å². The molecule has 1 heterocycles. The summed E-state index contributed by atoms with van der Waals surface area (Å²) in [6.07, 6.45) is 8.58. The molecular formula is C20H29N5O. The number of rotatable bonds is 10. The van der Waals surface area contributed by atoms with Crippen molar-refractivity contribution in [1.29, 1.82) is 0 Å². The summed E-state index contributed by atoms with van der Waals surface area (Å²) in [4.78, 5) is 4.26. The van der Waals surface area contributed by atoms with E-state index in [9.17, 15) is 0 Å². The first-order valence-electron chi connectivity index (χ1n) is 9.46. The molecule has 2 N–H and O–H groups in total. The molecule has 140 valence electrons. The minimum Gasteiger partial charge on any atom is -0.381 e. The van der Waals surface area contributed by atoms with Gasteiger partial charge >= 0.3 is 0 Å². The molecule has 0 amide bonds. The lowest BCUT2D eigenvalue weighted by Crippen LogP contribution is -2.39. The first-order valence-corrected chi connectivity index (χ1v) is 9.46. The third kappa shape index (κ3) is 6.19. The molecule has 0 bridgehead atoms. The lowest BCUT2D eigenvalue weighted by atomic mass is 10.2. The Kier molecular flexibility index (Phi) is 7.07. The van der Waals surface area contributed by atoms with Gasteiger partial charge in [0.2, 0.25) is 0 Å². The highest BCUT2D eigenvalue weighted by atomic mass is 16.5. The minimum atomic E-state index is 0.818. The second-order valence-corrected chi connectivity index (χ2v) is 6.68. The fraction of sp³-hybridized carbons (Fsp3) is 0.500. The van der Waals surface area contributed by atoms with E-state index in [1.165, 1.54) is 18.4 Å². The van der Waals surface area contributed by atoms with Crippen LogP contribution < -0.4 is 10.6 Å². The molecular weight excluding hydrogens is 326 g/mol. The lowest BCUT2D eigenvalue weighted by Gasteiger charge is -2.11. The highest BCUT2D eigenvalue weighted by Crippen LogP contribution is 2.28. The van der Waals surface area contributed by atoms with Crippen LogP contribution in [0.2, 0.25) is 0 Å². The Morgan fingerprint density at radius 3 is 2.81 bits per heavy atom. The lowest BCUT2D eigenvalue weighted by molar-refractivity contribution is 0.123. The quantitative estimate of drug-likeness (QED) is 0.390. The van der Waals surface area contributed by atoms with Crippen LogP contribution in [0.5, 0.6) is 0 Å². The second-order valence-electron chi connectivity index (χ2n) is 6.68. The molecule has 0 spiro atoms. The maximum absolute atomic E-state index is 5.64. The van der Waals surface area contributed by atoms with Crippen molar-refractivity contribution >= 4 is 5.96 Å². The largest absolute Gasteiger partial charge is 0.381 e. The smallest absolute Gasteiger partial charge is 0.190 e. The Balaban J connectivity index is 1.30. The van der Waals surface area contributed by atoms with Crippen molar-refractivity contribution in [1.82, 2.24) is 20.4 Å². The molecule has 0 radical (unpaired) electrons. The second kappa shape index (κ2) is 9.97. The van der Waals surface area contributed by atoms with E-state index >= 15 is 0 Å². The van der Waals surface area contributed by atoms with Crippen LogP contribution in [0.25, 0.3) is 5.69 Å². The molecule has 1 saturated carbocycles. The van der Waals surface area contributed by atoms with E-state index < -0.39 is 0 Å². The molecule has 1 aliphatic rings. The molecule has 0 saturated heterocycles. The van der Waals surface area contributed by atoms with E-state index in [0.29, 0.717) is 0 Å². The summed E-state index contributed by atoms with van der Waals surface area (Å²) in [5.41, 5.74) is 2.28. The highest BCUT2D eigenvalue weighted by Gasteiger charge is 2.20. The molecule has 0 aliphatic heterocycles. The Bertz CT molecular complexity index is 679. The fourth-order valence-electron chi connectivity index (χ4n) is 2.67. The van der Waals surface area contributed by atoms with Gasteiger partial charge in [-0.2, -0.15) is 5.10 Å². The van der Waals surface area contributed by atoms with E-state index in [0.717, 1.165) is 56.7 Å². The number of hydrogen-bond acceptors (Lipinski definition) is 3. The monoisotopic (exact) mass is 355 g/mol.